The van der Waals surface area contributed by atoms with E-state index in [2.05, 4.69) is 25.5 Å². The van der Waals surface area contributed by atoms with Crippen molar-refractivity contribution in [3.63, 3.8) is 0 Å². The molecular weight excluding hydrogens is 361 g/mol. The molecule has 5 N–H and O–H groups in total. The first-order valence-electron chi connectivity index (χ1n) is 7.92. The minimum absolute atomic E-state index is 0.0193. The second kappa shape index (κ2) is 7.52. The minimum atomic E-state index is -0.669. The van der Waals surface area contributed by atoms with Crippen LogP contribution in [0.2, 0.25) is 5.02 Å². The molecule has 0 aliphatic carbocycles. The van der Waals surface area contributed by atoms with Crippen LogP contribution in [0.15, 0.2) is 40.8 Å². The first kappa shape index (κ1) is 17.9. The van der Waals surface area contributed by atoms with Crippen LogP contribution in [-0.4, -0.2) is 36.0 Å². The third kappa shape index (κ3) is 3.67. The van der Waals surface area contributed by atoms with Gasteiger partial charge in [0, 0.05) is 25.5 Å². The molecule has 1 fully saturated rings. The summed E-state index contributed by atoms with van der Waals surface area (Å²) in [6, 6.07) is 0. The molecule has 2 aliphatic heterocycles. The van der Waals surface area contributed by atoms with Crippen LogP contribution in [0.4, 0.5) is 15.8 Å². The summed E-state index contributed by atoms with van der Waals surface area (Å²) < 4.78 is 13.1. The van der Waals surface area contributed by atoms with E-state index in [1.54, 1.807) is 0 Å². The number of hydrogen-bond donors (Lipinski definition) is 4. The van der Waals surface area contributed by atoms with E-state index in [1.807, 2.05) is 0 Å². The minimum Gasteiger partial charge on any atom is -0.383 e. The van der Waals surface area contributed by atoms with Gasteiger partial charge in [0.2, 0.25) is 0 Å². The predicted molar refractivity (Wildman–Crippen MR) is 99.1 cm³/mol. The van der Waals surface area contributed by atoms with Crippen LogP contribution < -0.4 is 21.3 Å². The number of allylic oxidation sites excluding steroid dienone is 1. The lowest BCUT2D eigenvalue weighted by molar-refractivity contribution is -0.112. The summed E-state index contributed by atoms with van der Waals surface area (Å²) in [7, 11) is 0. The number of halogens is 2. The van der Waals surface area contributed by atoms with Crippen molar-refractivity contribution in [2.45, 2.75) is 12.8 Å². The van der Waals surface area contributed by atoms with Gasteiger partial charge < -0.3 is 21.3 Å². The molecule has 1 saturated heterocycles. The molecule has 2 aliphatic rings. The van der Waals surface area contributed by atoms with E-state index in [0.29, 0.717) is 16.4 Å². The second-order valence-corrected chi connectivity index (χ2v) is 6.14. The van der Waals surface area contributed by atoms with Gasteiger partial charge in [-0.2, -0.15) is 0 Å². The van der Waals surface area contributed by atoms with Crippen molar-refractivity contribution in [1.29, 1.82) is 5.41 Å². The molecule has 10 heteroatoms. The van der Waals surface area contributed by atoms with Crippen LogP contribution in [-0.2, 0) is 4.79 Å². The summed E-state index contributed by atoms with van der Waals surface area (Å²) in [4.78, 5) is 22.6. The van der Waals surface area contributed by atoms with Crippen molar-refractivity contribution in [2.75, 3.05) is 23.3 Å². The summed E-state index contributed by atoms with van der Waals surface area (Å²) in [5, 5.41) is 13.3. The molecule has 0 saturated carbocycles. The van der Waals surface area contributed by atoms with Crippen LogP contribution in [0.5, 0.6) is 0 Å². The van der Waals surface area contributed by atoms with E-state index in [4.69, 9.17) is 22.7 Å². The van der Waals surface area contributed by atoms with E-state index < -0.39 is 17.6 Å². The monoisotopic (exact) mass is 377 g/mol. The maximum atomic E-state index is 13.1. The normalized spacial score (nSPS) is 18.2. The highest BCUT2D eigenvalue weighted by Crippen LogP contribution is 2.35. The van der Waals surface area contributed by atoms with Crippen LogP contribution in [0.25, 0.3) is 0 Å². The first-order chi connectivity index (χ1) is 12.5. The number of carbonyl (C=O) groups excluding carboxylic acids is 1. The van der Waals surface area contributed by atoms with Gasteiger partial charge in [-0.1, -0.05) is 11.6 Å². The van der Waals surface area contributed by atoms with E-state index in [0.717, 1.165) is 38.3 Å². The number of pyridine rings is 1. The van der Waals surface area contributed by atoms with Gasteiger partial charge >= 0.3 is 0 Å². The Balaban J connectivity index is 1.92. The molecule has 8 nitrogen and oxygen atoms in total. The van der Waals surface area contributed by atoms with E-state index in [1.165, 1.54) is 12.4 Å². The molecule has 3 heterocycles. The van der Waals surface area contributed by atoms with Gasteiger partial charge in [-0.25, -0.2) is 9.38 Å². The predicted octanol–water partition coefficient (Wildman–Crippen LogP) is 1.91. The highest BCUT2D eigenvalue weighted by molar-refractivity contribution is 6.34. The number of hydrogen-bond acceptors (Lipinski definition) is 6. The Morgan fingerprint density at radius 3 is 2.73 bits per heavy atom. The highest BCUT2D eigenvalue weighted by atomic mass is 35.5. The van der Waals surface area contributed by atoms with Crippen LogP contribution >= 0.6 is 11.6 Å². The fourth-order valence-electron chi connectivity index (χ4n) is 2.80. The van der Waals surface area contributed by atoms with Gasteiger partial charge in [0.1, 0.15) is 17.2 Å². The Hall–Kier alpha value is -2.94. The number of nitrogens with two attached hydrogens (primary N) is 1. The third-order valence-electron chi connectivity index (χ3n) is 3.94. The molecule has 3 rings (SSSR count). The highest BCUT2D eigenvalue weighted by Gasteiger charge is 2.24. The lowest BCUT2D eigenvalue weighted by Crippen LogP contribution is -2.30. The Bertz CT molecular complexity index is 843. The van der Waals surface area contributed by atoms with Crippen molar-refractivity contribution < 1.29 is 9.18 Å². The van der Waals surface area contributed by atoms with Gasteiger partial charge in [-0.3, -0.25) is 15.2 Å². The number of rotatable bonds is 4. The number of carbonyl (C=O) groups is 1. The fraction of sp³-hybridized carbons (Fsp3) is 0.250. The molecule has 1 aromatic heterocycles. The number of nitrogens with zero attached hydrogens (tertiary/aromatic N) is 3. The standard InChI is InChI=1S/C16H17ClFN7O/c17-10-7-21-8-11(13(10)25-3-1-2-4-25)24-16(26)12(14(19)20)15-22-5-9(18)6-23-15/h5-8,22H,1-4H2,(H3,19,20)(H,24,26)/b15-12+. The Morgan fingerprint density at radius 2 is 2.12 bits per heavy atom. The SMILES string of the molecule is N=C(N)/C(C(=O)Nc1cncc(Cl)c1N1CCCC1)=C1\N=CC(F)=CN1. The zero-order valence-corrected chi connectivity index (χ0v) is 14.5. The lowest BCUT2D eigenvalue weighted by Gasteiger charge is -2.23. The van der Waals surface area contributed by atoms with Crippen molar-refractivity contribution in [3.8, 4) is 0 Å². The van der Waals surface area contributed by atoms with Gasteiger partial charge in [-0.15, -0.1) is 0 Å². The van der Waals surface area contributed by atoms with Crippen molar-refractivity contribution >= 4 is 40.9 Å². The summed E-state index contributed by atoms with van der Waals surface area (Å²) in [6.45, 7) is 1.65. The number of amides is 1. The molecule has 0 unspecified atom stereocenters. The molecule has 0 atom stereocenters. The van der Waals surface area contributed by atoms with E-state index in [9.17, 15) is 9.18 Å². The average Bonchev–Trinajstić information content (AvgIpc) is 3.10. The second-order valence-electron chi connectivity index (χ2n) is 5.73. The molecule has 0 aromatic carbocycles. The molecule has 1 aromatic rings. The van der Waals surface area contributed by atoms with Crippen LogP contribution in [0.1, 0.15) is 12.8 Å². The smallest absolute Gasteiger partial charge is 0.263 e. The quantitative estimate of drug-likeness (QED) is 0.363. The number of anilines is 2. The molecular formula is C16H17ClFN7O. The van der Waals surface area contributed by atoms with Crippen LogP contribution in [0.3, 0.4) is 0 Å². The maximum Gasteiger partial charge on any atom is 0.263 e. The van der Waals surface area contributed by atoms with Crippen LogP contribution in [0, 0.1) is 5.41 Å². The van der Waals surface area contributed by atoms with Gasteiger partial charge in [0.05, 0.1) is 28.8 Å². The molecule has 1 amide bonds. The maximum absolute atomic E-state index is 13.1. The van der Waals surface area contributed by atoms with Crippen molar-refractivity contribution in [3.05, 3.63) is 40.8 Å². The number of amidine groups is 1. The molecule has 136 valence electrons. The summed E-state index contributed by atoms with van der Waals surface area (Å²) in [5.41, 5.74) is 6.40. The Labute approximate surface area is 154 Å². The van der Waals surface area contributed by atoms with Crippen molar-refractivity contribution in [2.24, 2.45) is 10.7 Å². The topological polar surface area (TPSA) is 119 Å². The van der Waals surface area contributed by atoms with Gasteiger partial charge in [0.25, 0.3) is 5.91 Å². The molecule has 0 bridgehead atoms. The first-order valence-corrected chi connectivity index (χ1v) is 8.30. The molecule has 0 radical (unpaired) electrons. The zero-order valence-electron chi connectivity index (χ0n) is 13.7. The number of aliphatic imine (C=N–C) groups is 1. The number of nitrogens with one attached hydrogen (secondary N) is 3. The summed E-state index contributed by atoms with van der Waals surface area (Å²) in [6.07, 6.45) is 7.01. The van der Waals surface area contributed by atoms with Crippen molar-refractivity contribution in [1.82, 2.24) is 10.3 Å². The third-order valence-corrected chi connectivity index (χ3v) is 4.22. The zero-order chi connectivity index (χ0) is 18.7. The largest absolute Gasteiger partial charge is 0.383 e. The summed E-state index contributed by atoms with van der Waals surface area (Å²) in [5.74, 6) is -1.80. The Kier molecular flexibility index (Phi) is 5.17. The van der Waals surface area contributed by atoms with E-state index >= 15 is 0 Å². The van der Waals surface area contributed by atoms with E-state index in [-0.39, 0.29) is 11.4 Å². The van der Waals surface area contributed by atoms with Gasteiger partial charge in [0.15, 0.2) is 5.83 Å². The average molecular weight is 378 g/mol. The van der Waals surface area contributed by atoms with Gasteiger partial charge in [-0.05, 0) is 12.8 Å². The fourth-order valence-corrected chi connectivity index (χ4v) is 3.08. The lowest BCUT2D eigenvalue weighted by atomic mass is 10.2. The Morgan fingerprint density at radius 1 is 1.38 bits per heavy atom. The molecule has 26 heavy (non-hydrogen) atoms. The number of aromatic nitrogens is 1. The summed E-state index contributed by atoms with van der Waals surface area (Å²) >= 11 is 6.28. The molecule has 0 spiro atoms.